The van der Waals surface area contributed by atoms with Gasteiger partial charge in [0, 0.05) is 18.2 Å². The summed E-state index contributed by atoms with van der Waals surface area (Å²) in [6.07, 6.45) is 0. The van der Waals surface area contributed by atoms with Gasteiger partial charge in [-0.3, -0.25) is 0 Å². The van der Waals surface area contributed by atoms with Gasteiger partial charge in [0.05, 0.1) is 6.61 Å². The van der Waals surface area contributed by atoms with Crippen molar-refractivity contribution in [2.45, 2.75) is 6.92 Å². The van der Waals surface area contributed by atoms with E-state index in [0.29, 0.717) is 12.4 Å². The van der Waals surface area contributed by atoms with Crippen LogP contribution in [0.1, 0.15) is 6.92 Å². The van der Waals surface area contributed by atoms with E-state index in [1.807, 2.05) is 6.92 Å². The second-order valence-electron chi connectivity index (χ2n) is 3.81. The van der Waals surface area contributed by atoms with E-state index in [4.69, 9.17) is 15.2 Å². The van der Waals surface area contributed by atoms with Crippen LogP contribution in [-0.4, -0.2) is 6.61 Å². The molecule has 0 aliphatic heterocycles. The van der Waals surface area contributed by atoms with Crippen LogP contribution in [-0.2, 0) is 0 Å². The molecule has 0 bridgehead atoms. The molecule has 0 radical (unpaired) electrons. The van der Waals surface area contributed by atoms with Gasteiger partial charge >= 0.3 is 0 Å². The number of hydrogen-bond donors (Lipinski definition) is 1. The maximum absolute atomic E-state index is 13.1. The molecule has 19 heavy (non-hydrogen) atoms. The van der Waals surface area contributed by atoms with Crippen molar-refractivity contribution in [3.8, 4) is 17.2 Å². The Hall–Kier alpha value is -2.30. The van der Waals surface area contributed by atoms with Gasteiger partial charge in [-0.15, -0.1) is 0 Å². The highest BCUT2D eigenvalue weighted by Crippen LogP contribution is 2.34. The summed E-state index contributed by atoms with van der Waals surface area (Å²) < 4.78 is 36.8. The Morgan fingerprint density at radius 2 is 1.68 bits per heavy atom. The fourth-order valence-corrected chi connectivity index (χ4v) is 1.61. The van der Waals surface area contributed by atoms with E-state index in [0.717, 1.165) is 18.2 Å². The van der Waals surface area contributed by atoms with Crippen LogP contribution in [0.4, 0.5) is 14.5 Å². The number of nitrogen functional groups attached to an aromatic ring is 1. The normalized spacial score (nSPS) is 10.3. The molecule has 0 fully saturated rings. The topological polar surface area (TPSA) is 44.5 Å². The summed E-state index contributed by atoms with van der Waals surface area (Å²) in [4.78, 5) is 0. The van der Waals surface area contributed by atoms with Gasteiger partial charge in [-0.25, -0.2) is 8.78 Å². The predicted molar refractivity (Wildman–Crippen MR) is 68.5 cm³/mol. The number of nitrogens with two attached hydrogens (primary N) is 1. The van der Waals surface area contributed by atoms with Crippen LogP contribution < -0.4 is 15.2 Å². The molecule has 0 unspecified atom stereocenters. The third-order valence-corrected chi connectivity index (χ3v) is 2.39. The number of rotatable bonds is 4. The maximum Gasteiger partial charge on any atom is 0.154 e. The zero-order valence-corrected chi connectivity index (χ0v) is 10.3. The predicted octanol–water partition coefficient (Wildman–Crippen LogP) is 3.74. The quantitative estimate of drug-likeness (QED) is 0.856. The summed E-state index contributed by atoms with van der Waals surface area (Å²) in [6, 6.07) is 7.91. The maximum atomic E-state index is 13.1. The Morgan fingerprint density at radius 3 is 2.32 bits per heavy atom. The van der Waals surface area contributed by atoms with Crippen molar-refractivity contribution in [3.63, 3.8) is 0 Å². The number of para-hydroxylation sites is 1. The van der Waals surface area contributed by atoms with Crippen LogP contribution in [0.15, 0.2) is 36.4 Å². The summed E-state index contributed by atoms with van der Waals surface area (Å²) >= 11 is 0. The van der Waals surface area contributed by atoms with Crippen LogP contribution in [0.25, 0.3) is 0 Å². The fraction of sp³-hybridized carbons (Fsp3) is 0.143. The molecule has 2 N–H and O–H groups in total. The zero-order chi connectivity index (χ0) is 13.8. The molecule has 0 aliphatic rings. The van der Waals surface area contributed by atoms with Crippen molar-refractivity contribution < 1.29 is 18.3 Å². The molecule has 0 amide bonds. The minimum absolute atomic E-state index is 0.0397. The van der Waals surface area contributed by atoms with Gasteiger partial charge in [0.2, 0.25) is 0 Å². The van der Waals surface area contributed by atoms with Gasteiger partial charge in [0.15, 0.2) is 5.75 Å². The first kappa shape index (κ1) is 13.1. The van der Waals surface area contributed by atoms with E-state index in [2.05, 4.69) is 0 Å². The zero-order valence-electron chi connectivity index (χ0n) is 10.3. The highest BCUT2D eigenvalue weighted by atomic mass is 19.1. The molecule has 3 nitrogen and oxygen atoms in total. The molecule has 2 rings (SSSR count). The van der Waals surface area contributed by atoms with E-state index in [1.54, 1.807) is 18.2 Å². The van der Waals surface area contributed by atoms with Gasteiger partial charge in [0.1, 0.15) is 28.8 Å². The Morgan fingerprint density at radius 1 is 1.05 bits per heavy atom. The first-order valence-corrected chi connectivity index (χ1v) is 5.75. The monoisotopic (exact) mass is 265 g/mol. The molecule has 2 aromatic carbocycles. The molecule has 2 aromatic rings. The lowest BCUT2D eigenvalue weighted by atomic mass is 10.2. The van der Waals surface area contributed by atoms with Crippen molar-refractivity contribution in [3.05, 3.63) is 48.0 Å². The summed E-state index contributed by atoms with van der Waals surface area (Å²) in [6.45, 7) is 2.29. The van der Waals surface area contributed by atoms with Crippen molar-refractivity contribution in [2.75, 3.05) is 12.3 Å². The Labute approximate surface area is 109 Å². The molecule has 0 heterocycles. The van der Waals surface area contributed by atoms with E-state index >= 15 is 0 Å². The Balaban J connectivity index is 2.30. The summed E-state index contributed by atoms with van der Waals surface area (Å²) in [5.41, 5.74) is 6.14. The van der Waals surface area contributed by atoms with Gasteiger partial charge in [-0.2, -0.15) is 0 Å². The average molecular weight is 265 g/mol. The minimum atomic E-state index is -0.713. The van der Waals surface area contributed by atoms with E-state index in [-0.39, 0.29) is 17.2 Å². The molecule has 0 aromatic heterocycles. The third-order valence-electron chi connectivity index (χ3n) is 2.39. The van der Waals surface area contributed by atoms with Crippen molar-refractivity contribution in [2.24, 2.45) is 0 Å². The third kappa shape index (κ3) is 3.13. The van der Waals surface area contributed by atoms with Crippen molar-refractivity contribution >= 4 is 5.69 Å². The number of benzene rings is 2. The second-order valence-corrected chi connectivity index (χ2v) is 3.81. The average Bonchev–Trinajstić information content (AvgIpc) is 2.33. The second kappa shape index (κ2) is 5.56. The van der Waals surface area contributed by atoms with Crippen LogP contribution in [0.2, 0.25) is 0 Å². The van der Waals surface area contributed by atoms with Crippen LogP contribution in [0, 0.1) is 11.6 Å². The highest BCUT2D eigenvalue weighted by molar-refractivity contribution is 5.63. The lowest BCUT2D eigenvalue weighted by Crippen LogP contribution is -1.99. The molecular weight excluding hydrogens is 252 g/mol. The lowest BCUT2D eigenvalue weighted by Gasteiger charge is -2.12. The Bertz CT molecular complexity index is 567. The largest absolute Gasteiger partial charge is 0.492 e. The van der Waals surface area contributed by atoms with Crippen molar-refractivity contribution in [1.82, 2.24) is 0 Å². The highest BCUT2D eigenvalue weighted by Gasteiger charge is 2.09. The molecular formula is C14H13F2NO2. The fourth-order valence-electron chi connectivity index (χ4n) is 1.61. The molecule has 100 valence electrons. The summed E-state index contributed by atoms with van der Waals surface area (Å²) in [7, 11) is 0. The minimum Gasteiger partial charge on any atom is -0.492 e. The van der Waals surface area contributed by atoms with Gasteiger partial charge in [0.25, 0.3) is 0 Å². The number of hydrogen-bond acceptors (Lipinski definition) is 3. The van der Waals surface area contributed by atoms with Crippen molar-refractivity contribution in [1.29, 1.82) is 0 Å². The molecule has 0 saturated carbocycles. The van der Waals surface area contributed by atoms with Crippen LogP contribution in [0.3, 0.4) is 0 Å². The first-order valence-electron chi connectivity index (χ1n) is 5.75. The SMILES string of the molecule is CCOc1cccc(Oc2cc(F)cc(F)c2)c1N. The molecule has 0 aliphatic carbocycles. The summed E-state index contributed by atoms with van der Waals surface area (Å²) in [5, 5.41) is 0. The lowest BCUT2D eigenvalue weighted by molar-refractivity contribution is 0.340. The molecule has 0 saturated heterocycles. The van der Waals surface area contributed by atoms with E-state index < -0.39 is 11.6 Å². The number of anilines is 1. The van der Waals surface area contributed by atoms with E-state index in [1.165, 1.54) is 0 Å². The molecule has 5 heteroatoms. The molecule has 0 atom stereocenters. The smallest absolute Gasteiger partial charge is 0.154 e. The summed E-state index contributed by atoms with van der Waals surface area (Å²) in [5.74, 6) is -0.630. The van der Waals surface area contributed by atoms with E-state index in [9.17, 15) is 8.78 Å². The standard InChI is InChI=1S/C14H13F2NO2/c1-2-18-12-4-3-5-13(14(12)17)19-11-7-9(15)6-10(16)8-11/h3-8H,2,17H2,1H3. The molecule has 0 spiro atoms. The van der Waals surface area contributed by atoms with Gasteiger partial charge < -0.3 is 15.2 Å². The van der Waals surface area contributed by atoms with Gasteiger partial charge in [-0.05, 0) is 19.1 Å². The Kier molecular flexibility index (Phi) is 3.85. The number of halogens is 2. The van der Waals surface area contributed by atoms with Crippen LogP contribution >= 0.6 is 0 Å². The van der Waals surface area contributed by atoms with Gasteiger partial charge in [-0.1, -0.05) is 6.07 Å². The first-order chi connectivity index (χ1) is 9.10. The number of ether oxygens (including phenoxy) is 2. The van der Waals surface area contributed by atoms with Crippen LogP contribution in [0.5, 0.6) is 17.2 Å².